The first-order valence-corrected chi connectivity index (χ1v) is 8.93. The highest BCUT2D eigenvalue weighted by atomic mass is 32.2. The van der Waals surface area contributed by atoms with E-state index in [1.165, 1.54) is 12.4 Å². The number of aromatic nitrogens is 2. The zero-order valence-electron chi connectivity index (χ0n) is 13.3. The first kappa shape index (κ1) is 18.2. The summed E-state index contributed by atoms with van der Waals surface area (Å²) in [5.74, 6) is -0.504. The van der Waals surface area contributed by atoms with Gasteiger partial charge in [0.1, 0.15) is 5.75 Å². The summed E-state index contributed by atoms with van der Waals surface area (Å²) in [6, 6.07) is 7.41. The van der Waals surface area contributed by atoms with Crippen LogP contribution in [0.15, 0.2) is 53.7 Å². The predicted octanol–water partition coefficient (Wildman–Crippen LogP) is 2.67. The highest BCUT2D eigenvalue weighted by Crippen LogP contribution is 2.27. The minimum absolute atomic E-state index is 0.186. The Morgan fingerprint density at radius 2 is 1.85 bits per heavy atom. The van der Waals surface area contributed by atoms with E-state index in [1.807, 2.05) is 0 Å². The highest BCUT2D eigenvalue weighted by molar-refractivity contribution is 7.90. The van der Waals surface area contributed by atoms with Gasteiger partial charge in [0, 0.05) is 17.8 Å². The van der Waals surface area contributed by atoms with Crippen LogP contribution in [0.3, 0.4) is 0 Å². The van der Waals surface area contributed by atoms with Gasteiger partial charge in [-0.3, -0.25) is 0 Å². The Balaban J connectivity index is 2.05. The molecule has 2 N–H and O–H groups in total. The first-order valence-electron chi connectivity index (χ1n) is 7.49. The smallest absolute Gasteiger partial charge is 0.406 e. The van der Waals surface area contributed by atoms with Crippen molar-refractivity contribution in [2.75, 3.05) is 6.54 Å². The van der Waals surface area contributed by atoms with Gasteiger partial charge < -0.3 is 10.5 Å². The lowest BCUT2D eigenvalue weighted by Gasteiger charge is -2.10. The van der Waals surface area contributed by atoms with Gasteiger partial charge in [-0.15, -0.1) is 13.2 Å². The van der Waals surface area contributed by atoms with Gasteiger partial charge in [-0.2, -0.15) is 0 Å². The second kappa shape index (κ2) is 6.61. The van der Waals surface area contributed by atoms with Crippen LogP contribution in [0.1, 0.15) is 5.56 Å². The van der Waals surface area contributed by atoms with Crippen molar-refractivity contribution >= 4 is 21.1 Å². The van der Waals surface area contributed by atoms with Crippen molar-refractivity contribution in [3.63, 3.8) is 0 Å². The molecular formula is C16H14F3N3O3S. The molecule has 3 aromatic rings. The number of pyridine rings is 1. The Hall–Kier alpha value is -2.59. The van der Waals surface area contributed by atoms with Crippen LogP contribution < -0.4 is 10.5 Å². The monoisotopic (exact) mass is 385 g/mol. The maximum Gasteiger partial charge on any atom is 0.573 e. The standard InChI is InChI=1S/C16H14F3N3O3S/c17-16(18,19)25-12-3-5-13(6-4-12)26(23,24)22-10-11(7-8-20)14-2-1-9-21-15(14)22/h1-6,9-10H,7-8,20H2. The van der Waals surface area contributed by atoms with Crippen molar-refractivity contribution in [1.82, 2.24) is 8.96 Å². The van der Waals surface area contributed by atoms with E-state index in [1.54, 1.807) is 12.1 Å². The summed E-state index contributed by atoms with van der Waals surface area (Å²) in [4.78, 5) is 3.93. The Kier molecular flexibility index (Phi) is 4.63. The summed E-state index contributed by atoms with van der Waals surface area (Å²) in [6.45, 7) is 0.331. The largest absolute Gasteiger partial charge is 0.573 e. The molecule has 2 heterocycles. The van der Waals surface area contributed by atoms with Gasteiger partial charge in [-0.05, 0) is 54.9 Å². The minimum Gasteiger partial charge on any atom is -0.406 e. The van der Waals surface area contributed by atoms with Gasteiger partial charge in [-0.1, -0.05) is 0 Å². The molecule has 1 aromatic carbocycles. The third kappa shape index (κ3) is 3.51. The number of benzene rings is 1. The number of hydrogen-bond acceptors (Lipinski definition) is 5. The molecule has 26 heavy (non-hydrogen) atoms. The molecule has 10 heteroatoms. The SMILES string of the molecule is NCCc1cn(S(=O)(=O)c2ccc(OC(F)(F)F)cc2)c2ncccc12. The topological polar surface area (TPSA) is 87.2 Å². The molecule has 3 rings (SSSR count). The molecule has 138 valence electrons. The first-order chi connectivity index (χ1) is 12.2. The minimum atomic E-state index is -4.85. The maximum absolute atomic E-state index is 12.9. The van der Waals surface area contributed by atoms with Crippen molar-refractivity contribution in [3.8, 4) is 5.75 Å². The fraction of sp³-hybridized carbons (Fsp3) is 0.188. The molecule has 0 aliphatic rings. The zero-order chi connectivity index (χ0) is 18.9. The number of rotatable bonds is 5. The Morgan fingerprint density at radius 1 is 1.15 bits per heavy atom. The van der Waals surface area contributed by atoms with Gasteiger partial charge in [0.2, 0.25) is 0 Å². The van der Waals surface area contributed by atoms with E-state index in [9.17, 15) is 21.6 Å². The van der Waals surface area contributed by atoms with Gasteiger partial charge in [-0.25, -0.2) is 17.4 Å². The van der Waals surface area contributed by atoms with Crippen molar-refractivity contribution in [2.24, 2.45) is 5.73 Å². The van der Waals surface area contributed by atoms with Crippen LogP contribution in [-0.2, 0) is 16.4 Å². The molecular weight excluding hydrogens is 371 g/mol. The molecule has 0 aliphatic carbocycles. The summed E-state index contributed by atoms with van der Waals surface area (Å²) in [5.41, 5.74) is 6.51. The lowest BCUT2D eigenvalue weighted by atomic mass is 10.2. The number of nitrogens with zero attached hydrogens (tertiary/aromatic N) is 2. The Bertz CT molecular complexity index is 1030. The van der Waals surface area contributed by atoms with Gasteiger partial charge >= 0.3 is 6.36 Å². The van der Waals surface area contributed by atoms with Crippen LogP contribution in [-0.4, -0.2) is 30.3 Å². The molecule has 6 nitrogen and oxygen atoms in total. The normalized spacial score (nSPS) is 12.5. The number of nitrogens with two attached hydrogens (primary N) is 1. The molecule has 2 aromatic heterocycles. The van der Waals surface area contributed by atoms with E-state index >= 15 is 0 Å². The molecule has 0 saturated carbocycles. The fourth-order valence-corrected chi connectivity index (χ4v) is 3.91. The number of halogens is 3. The van der Waals surface area contributed by atoms with E-state index in [2.05, 4.69) is 9.72 Å². The summed E-state index contributed by atoms with van der Waals surface area (Å²) in [5, 5.41) is 0.651. The zero-order valence-corrected chi connectivity index (χ0v) is 14.1. The lowest BCUT2D eigenvalue weighted by Crippen LogP contribution is -2.17. The lowest BCUT2D eigenvalue weighted by molar-refractivity contribution is -0.274. The maximum atomic E-state index is 12.9. The van der Waals surface area contributed by atoms with E-state index in [-0.39, 0.29) is 10.5 Å². The van der Waals surface area contributed by atoms with E-state index < -0.39 is 22.1 Å². The Labute approximate surface area is 147 Å². The molecule has 0 unspecified atom stereocenters. The molecule has 0 spiro atoms. The van der Waals surface area contributed by atoms with E-state index in [4.69, 9.17) is 5.73 Å². The average Bonchev–Trinajstić information content (AvgIpc) is 2.94. The second-order valence-corrected chi connectivity index (χ2v) is 7.20. The van der Waals surface area contributed by atoms with Crippen LogP contribution >= 0.6 is 0 Å². The number of hydrogen-bond donors (Lipinski definition) is 1. The van der Waals surface area contributed by atoms with Crippen LogP contribution in [0, 0.1) is 0 Å². The van der Waals surface area contributed by atoms with Gasteiger partial charge in [0.25, 0.3) is 10.0 Å². The number of fused-ring (bicyclic) bond motifs is 1. The van der Waals surface area contributed by atoms with Crippen LogP contribution in [0.4, 0.5) is 13.2 Å². The van der Waals surface area contributed by atoms with Gasteiger partial charge in [0.15, 0.2) is 5.65 Å². The molecule has 0 fully saturated rings. The summed E-state index contributed by atoms with van der Waals surface area (Å²) in [7, 11) is -4.05. The van der Waals surface area contributed by atoms with Crippen LogP contribution in [0.5, 0.6) is 5.75 Å². The third-order valence-electron chi connectivity index (χ3n) is 3.64. The molecule has 0 atom stereocenters. The highest BCUT2D eigenvalue weighted by Gasteiger charge is 2.31. The fourth-order valence-electron chi connectivity index (χ4n) is 2.56. The summed E-state index contributed by atoms with van der Waals surface area (Å²) < 4.78 is 67.2. The molecule has 0 amide bonds. The van der Waals surface area contributed by atoms with Crippen LogP contribution in [0.2, 0.25) is 0 Å². The van der Waals surface area contributed by atoms with E-state index in [0.29, 0.717) is 18.4 Å². The summed E-state index contributed by atoms with van der Waals surface area (Å²) >= 11 is 0. The second-order valence-electron chi connectivity index (χ2n) is 5.39. The van der Waals surface area contributed by atoms with Crippen molar-refractivity contribution in [1.29, 1.82) is 0 Å². The molecule has 0 bridgehead atoms. The van der Waals surface area contributed by atoms with E-state index in [0.717, 1.165) is 33.8 Å². The molecule has 0 radical (unpaired) electrons. The van der Waals surface area contributed by atoms with Gasteiger partial charge in [0.05, 0.1) is 4.90 Å². The van der Waals surface area contributed by atoms with Crippen molar-refractivity contribution in [2.45, 2.75) is 17.7 Å². The predicted molar refractivity (Wildman–Crippen MR) is 88.2 cm³/mol. The Morgan fingerprint density at radius 3 is 2.46 bits per heavy atom. The molecule has 0 saturated heterocycles. The summed E-state index contributed by atoms with van der Waals surface area (Å²) in [6.07, 6.45) is -1.50. The quantitative estimate of drug-likeness (QED) is 0.730. The number of ether oxygens (including phenoxy) is 1. The van der Waals surface area contributed by atoms with Crippen molar-refractivity contribution < 1.29 is 26.3 Å². The molecule has 0 aliphatic heterocycles. The average molecular weight is 385 g/mol. The third-order valence-corrected chi connectivity index (χ3v) is 5.31. The van der Waals surface area contributed by atoms with Crippen LogP contribution in [0.25, 0.3) is 11.0 Å². The number of alkyl halides is 3. The van der Waals surface area contributed by atoms with Crippen molar-refractivity contribution in [3.05, 3.63) is 54.4 Å².